The van der Waals surface area contributed by atoms with Crippen molar-refractivity contribution in [2.45, 2.75) is 32.9 Å². The Labute approximate surface area is 120 Å². The molecule has 0 bridgehead atoms. The number of aromatic nitrogens is 3. The van der Waals surface area contributed by atoms with Crippen LogP contribution in [0.3, 0.4) is 0 Å². The number of para-hydroxylation sites is 1. The van der Waals surface area contributed by atoms with Gasteiger partial charge in [-0.15, -0.1) is 5.10 Å². The fourth-order valence-electron chi connectivity index (χ4n) is 1.73. The second-order valence-corrected chi connectivity index (χ2v) is 5.57. The van der Waals surface area contributed by atoms with E-state index in [4.69, 9.17) is 0 Å². The van der Waals surface area contributed by atoms with Crippen LogP contribution in [0.5, 0.6) is 0 Å². The van der Waals surface area contributed by atoms with Crippen LogP contribution in [0.1, 0.15) is 26.5 Å². The van der Waals surface area contributed by atoms with Gasteiger partial charge in [-0.1, -0.05) is 11.3 Å². The van der Waals surface area contributed by atoms with Gasteiger partial charge in [0.2, 0.25) is 0 Å². The minimum atomic E-state index is -0.674. The lowest BCUT2D eigenvalue weighted by Crippen LogP contribution is -2.22. The first-order valence-electron chi connectivity index (χ1n) is 6.37. The third-order valence-corrected chi connectivity index (χ3v) is 2.86. The lowest BCUT2D eigenvalue weighted by atomic mass is 10.1. The molecule has 0 atom stereocenters. The van der Waals surface area contributed by atoms with Crippen LogP contribution in [-0.4, -0.2) is 19.9 Å². The molecule has 7 nitrogen and oxygen atoms in total. The van der Waals surface area contributed by atoms with E-state index in [2.05, 4.69) is 15.6 Å². The third-order valence-electron chi connectivity index (χ3n) is 2.86. The highest BCUT2D eigenvalue weighted by Crippen LogP contribution is 2.27. The van der Waals surface area contributed by atoms with Crippen molar-refractivity contribution < 1.29 is 9.31 Å². The maximum atomic E-state index is 13.7. The summed E-state index contributed by atoms with van der Waals surface area (Å²) in [7, 11) is 0. The topological polar surface area (TPSA) is 85.9 Å². The summed E-state index contributed by atoms with van der Waals surface area (Å²) in [6.07, 6.45) is 1.72. The first-order chi connectivity index (χ1) is 9.79. The summed E-state index contributed by atoms with van der Waals surface area (Å²) >= 11 is 0. The van der Waals surface area contributed by atoms with Gasteiger partial charge in [0.25, 0.3) is 5.69 Å². The number of halogens is 1. The van der Waals surface area contributed by atoms with Gasteiger partial charge in [0.15, 0.2) is 5.82 Å². The lowest BCUT2D eigenvalue weighted by Gasteiger charge is -2.17. The zero-order valence-electron chi connectivity index (χ0n) is 12.0. The van der Waals surface area contributed by atoms with Crippen molar-refractivity contribution in [3.63, 3.8) is 0 Å². The maximum absolute atomic E-state index is 13.7. The Kier molecular flexibility index (Phi) is 3.88. The van der Waals surface area contributed by atoms with Gasteiger partial charge >= 0.3 is 0 Å². The zero-order valence-corrected chi connectivity index (χ0v) is 12.0. The summed E-state index contributed by atoms with van der Waals surface area (Å²) in [5, 5.41) is 21.5. The van der Waals surface area contributed by atoms with Crippen molar-refractivity contribution >= 4 is 11.4 Å². The van der Waals surface area contributed by atoms with Crippen LogP contribution in [0.2, 0.25) is 0 Å². The SMILES string of the molecule is CC(C)(C)n1cc(CNc2c(F)cccc2[N+](=O)[O-])nn1. The highest BCUT2D eigenvalue weighted by atomic mass is 19.1. The molecule has 21 heavy (non-hydrogen) atoms. The molecule has 8 heteroatoms. The molecule has 1 heterocycles. The molecule has 0 amide bonds. The summed E-state index contributed by atoms with van der Waals surface area (Å²) < 4.78 is 15.4. The molecule has 1 N–H and O–H groups in total. The van der Waals surface area contributed by atoms with Crippen molar-refractivity contribution in [2.75, 3.05) is 5.32 Å². The number of benzene rings is 1. The second kappa shape index (κ2) is 5.47. The maximum Gasteiger partial charge on any atom is 0.295 e. The summed E-state index contributed by atoms with van der Waals surface area (Å²) in [6.45, 7) is 6.07. The number of nitro benzene ring substituents is 1. The average molecular weight is 293 g/mol. The first-order valence-corrected chi connectivity index (χ1v) is 6.37. The summed E-state index contributed by atoms with van der Waals surface area (Å²) in [6, 6.07) is 3.72. The lowest BCUT2D eigenvalue weighted by molar-refractivity contribution is -0.384. The summed E-state index contributed by atoms with van der Waals surface area (Å²) in [5.41, 5.74) is -0.0941. The van der Waals surface area contributed by atoms with E-state index in [1.54, 1.807) is 10.9 Å². The van der Waals surface area contributed by atoms with Crippen LogP contribution in [-0.2, 0) is 12.1 Å². The van der Waals surface area contributed by atoms with Crippen molar-refractivity contribution in [1.29, 1.82) is 0 Å². The molecule has 112 valence electrons. The van der Waals surface area contributed by atoms with Gasteiger partial charge < -0.3 is 5.32 Å². The molecular weight excluding hydrogens is 277 g/mol. The molecule has 0 spiro atoms. The third kappa shape index (κ3) is 3.33. The van der Waals surface area contributed by atoms with E-state index in [0.717, 1.165) is 0 Å². The molecule has 0 radical (unpaired) electrons. The fraction of sp³-hybridized carbons (Fsp3) is 0.385. The summed E-state index contributed by atoms with van der Waals surface area (Å²) in [4.78, 5) is 10.3. The predicted molar refractivity (Wildman–Crippen MR) is 75.4 cm³/mol. The van der Waals surface area contributed by atoms with E-state index in [9.17, 15) is 14.5 Å². The highest BCUT2D eigenvalue weighted by Gasteiger charge is 2.19. The Balaban J connectivity index is 2.17. The van der Waals surface area contributed by atoms with E-state index in [1.165, 1.54) is 18.2 Å². The molecule has 0 aliphatic heterocycles. The number of nitrogens with zero attached hydrogens (tertiary/aromatic N) is 4. The van der Waals surface area contributed by atoms with Crippen LogP contribution in [0.25, 0.3) is 0 Å². The fourth-order valence-corrected chi connectivity index (χ4v) is 1.73. The van der Waals surface area contributed by atoms with Gasteiger partial charge in [-0.3, -0.25) is 10.1 Å². The number of hydrogen-bond acceptors (Lipinski definition) is 5. The van der Waals surface area contributed by atoms with Crippen LogP contribution in [0, 0.1) is 15.9 Å². The van der Waals surface area contributed by atoms with Crippen LogP contribution in [0.4, 0.5) is 15.8 Å². The van der Waals surface area contributed by atoms with E-state index >= 15 is 0 Å². The molecule has 2 aromatic rings. The normalized spacial score (nSPS) is 11.4. The predicted octanol–water partition coefficient (Wildman–Crippen LogP) is 2.69. The van der Waals surface area contributed by atoms with Gasteiger partial charge in [0.05, 0.1) is 23.2 Å². The average Bonchev–Trinajstić information content (AvgIpc) is 2.85. The van der Waals surface area contributed by atoms with Gasteiger partial charge in [-0.05, 0) is 26.8 Å². The Morgan fingerprint density at radius 1 is 1.43 bits per heavy atom. The molecule has 0 saturated heterocycles. The van der Waals surface area contributed by atoms with Crippen molar-refractivity contribution in [1.82, 2.24) is 15.0 Å². The zero-order chi connectivity index (χ0) is 15.6. The van der Waals surface area contributed by atoms with Crippen molar-refractivity contribution in [3.8, 4) is 0 Å². The number of nitrogens with one attached hydrogen (secondary N) is 1. The molecule has 0 saturated carbocycles. The monoisotopic (exact) mass is 293 g/mol. The Morgan fingerprint density at radius 3 is 2.71 bits per heavy atom. The largest absolute Gasteiger partial charge is 0.371 e. The van der Waals surface area contributed by atoms with E-state index in [0.29, 0.717) is 5.69 Å². The smallest absolute Gasteiger partial charge is 0.295 e. The molecule has 0 aliphatic carbocycles. The van der Waals surface area contributed by atoms with Gasteiger partial charge in [0, 0.05) is 6.07 Å². The molecule has 2 rings (SSSR count). The quantitative estimate of drug-likeness (QED) is 0.692. The van der Waals surface area contributed by atoms with Gasteiger partial charge in [-0.25, -0.2) is 9.07 Å². The van der Waals surface area contributed by atoms with Crippen LogP contribution in [0.15, 0.2) is 24.4 Å². The highest BCUT2D eigenvalue weighted by molar-refractivity contribution is 5.62. The van der Waals surface area contributed by atoms with Crippen molar-refractivity contribution in [3.05, 3.63) is 46.0 Å². The second-order valence-electron chi connectivity index (χ2n) is 5.57. The Hall–Kier alpha value is -2.51. The standard InChI is InChI=1S/C13H16FN5O2/c1-13(2,3)18-8-9(16-17-18)7-15-12-10(14)5-4-6-11(12)19(20)21/h4-6,8,15H,7H2,1-3H3. The molecular formula is C13H16FN5O2. The Bertz CT molecular complexity index is 663. The van der Waals surface area contributed by atoms with Crippen molar-refractivity contribution in [2.24, 2.45) is 0 Å². The molecule has 0 aliphatic rings. The Morgan fingerprint density at radius 2 is 2.14 bits per heavy atom. The van der Waals surface area contributed by atoms with E-state index in [-0.39, 0.29) is 23.5 Å². The first kappa shape index (κ1) is 14.9. The molecule has 0 fully saturated rings. The van der Waals surface area contributed by atoms with E-state index in [1.807, 2.05) is 20.8 Å². The molecule has 0 unspecified atom stereocenters. The summed E-state index contributed by atoms with van der Waals surface area (Å²) in [5.74, 6) is -0.674. The van der Waals surface area contributed by atoms with Gasteiger partial charge in [-0.2, -0.15) is 0 Å². The van der Waals surface area contributed by atoms with Crippen LogP contribution < -0.4 is 5.32 Å². The van der Waals surface area contributed by atoms with Crippen LogP contribution >= 0.6 is 0 Å². The molecule has 1 aromatic carbocycles. The minimum absolute atomic E-state index is 0.146. The number of nitro groups is 1. The van der Waals surface area contributed by atoms with Gasteiger partial charge in [0.1, 0.15) is 11.4 Å². The van der Waals surface area contributed by atoms with E-state index < -0.39 is 10.7 Å². The molecule has 1 aromatic heterocycles. The number of hydrogen-bond donors (Lipinski definition) is 1. The number of anilines is 1. The number of rotatable bonds is 4. The minimum Gasteiger partial charge on any atom is -0.371 e.